The normalized spacial score (nSPS) is 15.8. The zero-order chi connectivity index (χ0) is 16.8. The first-order chi connectivity index (χ1) is 11.7. The second-order valence-electron chi connectivity index (χ2n) is 6.07. The van der Waals surface area contributed by atoms with Gasteiger partial charge >= 0.3 is 0 Å². The topological polar surface area (TPSA) is 24.8 Å². The van der Waals surface area contributed by atoms with Gasteiger partial charge in [0.25, 0.3) is 5.91 Å². The van der Waals surface area contributed by atoms with Crippen LogP contribution < -0.4 is 4.90 Å². The lowest BCUT2D eigenvalue weighted by atomic mass is 10.2. The Morgan fingerprint density at radius 1 is 1.04 bits per heavy atom. The molecule has 24 heavy (non-hydrogen) atoms. The number of hydrogen-bond acceptors (Lipinski definition) is 1. The predicted molar refractivity (Wildman–Crippen MR) is 98.4 cm³/mol. The summed E-state index contributed by atoms with van der Waals surface area (Å²) >= 11 is 5.88. The minimum atomic E-state index is 0.102. The fourth-order valence-electron chi connectivity index (χ4n) is 2.93. The van der Waals surface area contributed by atoms with Gasteiger partial charge in [0.1, 0.15) is 0 Å². The molecule has 1 heterocycles. The molecule has 1 saturated heterocycles. The summed E-state index contributed by atoms with van der Waals surface area (Å²) in [5, 5.41) is 0.658. The molecule has 0 radical (unpaired) electrons. The number of hydrogen-bond donors (Lipinski definition) is 1. The van der Waals surface area contributed by atoms with Crippen LogP contribution in [0.15, 0.2) is 60.7 Å². The third kappa shape index (κ3) is 4.47. The van der Waals surface area contributed by atoms with Crippen molar-refractivity contribution < 1.29 is 9.69 Å². The fourth-order valence-corrected chi connectivity index (χ4v) is 3.06. The van der Waals surface area contributed by atoms with Gasteiger partial charge in [-0.1, -0.05) is 48.0 Å². The number of carbonyl (C=O) groups is 1. The third-order valence-electron chi connectivity index (χ3n) is 4.37. The zero-order valence-electron chi connectivity index (χ0n) is 13.6. The third-order valence-corrected chi connectivity index (χ3v) is 4.62. The summed E-state index contributed by atoms with van der Waals surface area (Å²) in [7, 11) is 0. The zero-order valence-corrected chi connectivity index (χ0v) is 14.4. The van der Waals surface area contributed by atoms with E-state index in [0.717, 1.165) is 32.7 Å². The molecular formula is C20H22ClN2O+. The summed E-state index contributed by atoms with van der Waals surface area (Å²) in [6, 6.07) is 17.5. The van der Waals surface area contributed by atoms with E-state index in [2.05, 4.69) is 24.3 Å². The highest BCUT2D eigenvalue weighted by Crippen LogP contribution is 2.11. The molecule has 1 N–H and O–H groups in total. The van der Waals surface area contributed by atoms with Gasteiger partial charge in [-0.3, -0.25) is 4.79 Å². The van der Waals surface area contributed by atoms with Crippen molar-refractivity contribution in [1.29, 1.82) is 0 Å². The number of rotatable bonds is 4. The maximum Gasteiger partial charge on any atom is 0.254 e. The van der Waals surface area contributed by atoms with Crippen molar-refractivity contribution in [2.75, 3.05) is 32.7 Å². The van der Waals surface area contributed by atoms with Gasteiger partial charge in [-0.15, -0.1) is 0 Å². The highest BCUT2D eigenvalue weighted by Gasteiger charge is 2.23. The number of amides is 1. The van der Waals surface area contributed by atoms with Crippen molar-refractivity contribution in [3.63, 3.8) is 0 Å². The summed E-state index contributed by atoms with van der Waals surface area (Å²) in [4.78, 5) is 15.9. The molecule has 0 aliphatic carbocycles. The Balaban J connectivity index is 1.48. The van der Waals surface area contributed by atoms with E-state index in [4.69, 9.17) is 11.6 Å². The molecule has 124 valence electrons. The average Bonchev–Trinajstić information content (AvgIpc) is 2.63. The number of halogens is 1. The first kappa shape index (κ1) is 16.7. The minimum absolute atomic E-state index is 0.102. The van der Waals surface area contributed by atoms with Crippen LogP contribution in [-0.4, -0.2) is 43.5 Å². The van der Waals surface area contributed by atoms with Gasteiger partial charge < -0.3 is 9.80 Å². The molecule has 2 aromatic rings. The summed E-state index contributed by atoms with van der Waals surface area (Å²) in [5.74, 6) is 0.102. The van der Waals surface area contributed by atoms with Crippen LogP contribution in [0.3, 0.4) is 0 Å². The second-order valence-corrected chi connectivity index (χ2v) is 6.50. The molecule has 0 spiro atoms. The van der Waals surface area contributed by atoms with Crippen LogP contribution in [0.2, 0.25) is 5.02 Å². The number of nitrogens with zero attached hydrogens (tertiary/aromatic N) is 1. The number of piperazine rings is 1. The summed E-state index contributed by atoms with van der Waals surface area (Å²) < 4.78 is 0. The quantitative estimate of drug-likeness (QED) is 0.907. The number of nitrogens with one attached hydrogen (secondary N) is 1. The van der Waals surface area contributed by atoms with Gasteiger partial charge in [-0.05, 0) is 35.9 Å². The molecule has 1 aliphatic heterocycles. The SMILES string of the molecule is O=C(c1ccc(Cl)cc1)N1CC[NH+](CC=Cc2ccccc2)CC1. The maximum absolute atomic E-state index is 12.5. The number of carbonyl (C=O) groups excluding carboxylic acids is 1. The molecule has 0 atom stereocenters. The van der Waals surface area contributed by atoms with Gasteiger partial charge in [-0.2, -0.15) is 0 Å². The highest BCUT2D eigenvalue weighted by atomic mass is 35.5. The monoisotopic (exact) mass is 341 g/mol. The molecule has 3 rings (SSSR count). The van der Waals surface area contributed by atoms with Gasteiger partial charge in [-0.25, -0.2) is 0 Å². The van der Waals surface area contributed by atoms with Crippen molar-refractivity contribution >= 4 is 23.6 Å². The minimum Gasteiger partial charge on any atom is -0.329 e. The molecule has 0 saturated carbocycles. The van der Waals surface area contributed by atoms with Crippen molar-refractivity contribution in [3.8, 4) is 0 Å². The van der Waals surface area contributed by atoms with Crippen LogP contribution in [0.5, 0.6) is 0 Å². The summed E-state index contributed by atoms with van der Waals surface area (Å²) in [6.07, 6.45) is 4.39. The Bertz CT molecular complexity index is 689. The van der Waals surface area contributed by atoms with Crippen molar-refractivity contribution in [2.45, 2.75) is 0 Å². The van der Waals surface area contributed by atoms with Crippen LogP contribution in [0.4, 0.5) is 0 Å². The summed E-state index contributed by atoms with van der Waals surface area (Å²) in [6.45, 7) is 4.57. The van der Waals surface area contributed by atoms with E-state index < -0.39 is 0 Å². The van der Waals surface area contributed by atoms with Crippen molar-refractivity contribution in [3.05, 3.63) is 76.8 Å². The van der Waals surface area contributed by atoms with E-state index in [9.17, 15) is 4.79 Å². The number of benzene rings is 2. The maximum atomic E-state index is 12.5. The second kappa shape index (κ2) is 8.13. The Kier molecular flexibility index (Phi) is 5.68. The molecule has 4 heteroatoms. The first-order valence-corrected chi connectivity index (χ1v) is 8.70. The van der Waals surface area contributed by atoms with Crippen LogP contribution in [-0.2, 0) is 0 Å². The van der Waals surface area contributed by atoms with Crippen LogP contribution in [0.1, 0.15) is 15.9 Å². The van der Waals surface area contributed by atoms with Gasteiger partial charge in [0, 0.05) is 10.6 Å². The molecule has 1 amide bonds. The molecule has 1 aliphatic rings. The molecule has 3 nitrogen and oxygen atoms in total. The summed E-state index contributed by atoms with van der Waals surface area (Å²) in [5.41, 5.74) is 1.94. The lowest BCUT2D eigenvalue weighted by Crippen LogP contribution is -3.14. The highest BCUT2D eigenvalue weighted by molar-refractivity contribution is 6.30. The largest absolute Gasteiger partial charge is 0.329 e. The molecular weight excluding hydrogens is 320 g/mol. The predicted octanol–water partition coefficient (Wildman–Crippen LogP) is 2.39. The number of quaternary nitrogens is 1. The van der Waals surface area contributed by atoms with E-state index >= 15 is 0 Å². The van der Waals surface area contributed by atoms with E-state index in [1.807, 2.05) is 23.1 Å². The van der Waals surface area contributed by atoms with Crippen LogP contribution in [0.25, 0.3) is 6.08 Å². The van der Waals surface area contributed by atoms with Gasteiger partial charge in [0.2, 0.25) is 0 Å². The molecule has 2 aromatic carbocycles. The standard InChI is InChI=1S/C20H21ClN2O/c21-19-10-8-18(9-11-19)20(24)23-15-13-22(14-16-23)12-4-7-17-5-2-1-3-6-17/h1-11H,12-16H2/p+1. The lowest BCUT2D eigenvalue weighted by molar-refractivity contribution is -0.898. The van der Waals surface area contributed by atoms with Crippen molar-refractivity contribution in [1.82, 2.24) is 4.90 Å². The molecule has 0 aromatic heterocycles. The van der Waals surface area contributed by atoms with E-state index in [1.54, 1.807) is 24.3 Å². The van der Waals surface area contributed by atoms with Gasteiger partial charge in [0.05, 0.1) is 32.7 Å². The van der Waals surface area contributed by atoms with E-state index in [1.165, 1.54) is 10.5 Å². The Morgan fingerprint density at radius 2 is 1.71 bits per heavy atom. The fraction of sp³-hybridized carbons (Fsp3) is 0.250. The lowest BCUT2D eigenvalue weighted by Gasteiger charge is -2.31. The Labute approximate surface area is 148 Å². The Hall–Kier alpha value is -2.10. The van der Waals surface area contributed by atoms with Crippen molar-refractivity contribution in [2.24, 2.45) is 0 Å². The molecule has 0 unspecified atom stereocenters. The van der Waals surface area contributed by atoms with Gasteiger partial charge in [0.15, 0.2) is 0 Å². The molecule has 1 fully saturated rings. The average molecular weight is 342 g/mol. The van der Waals surface area contributed by atoms with Crippen LogP contribution in [0, 0.1) is 0 Å². The Morgan fingerprint density at radius 3 is 2.38 bits per heavy atom. The smallest absolute Gasteiger partial charge is 0.254 e. The first-order valence-electron chi connectivity index (χ1n) is 8.32. The molecule has 0 bridgehead atoms. The van der Waals surface area contributed by atoms with Crippen LogP contribution >= 0.6 is 11.6 Å². The van der Waals surface area contributed by atoms with E-state index in [-0.39, 0.29) is 5.91 Å². The van der Waals surface area contributed by atoms with E-state index in [0.29, 0.717) is 10.6 Å².